The third kappa shape index (κ3) is 4.03. The molecule has 0 aliphatic carbocycles. The maximum absolute atomic E-state index is 12.7. The second-order valence-electron chi connectivity index (χ2n) is 5.87. The molecule has 112 valence electrons. The summed E-state index contributed by atoms with van der Waals surface area (Å²) in [6.45, 7) is 8.29. The van der Waals surface area contributed by atoms with Crippen LogP contribution in [0.2, 0.25) is 0 Å². The largest absolute Gasteiger partial charge is 0.336 e. The van der Waals surface area contributed by atoms with E-state index in [-0.39, 0.29) is 10.7 Å². The van der Waals surface area contributed by atoms with Crippen LogP contribution in [0.1, 0.15) is 35.3 Å². The monoisotopic (exact) mass is 302 g/mol. The molecule has 0 atom stereocenters. The molecule has 1 heterocycles. The Bertz CT molecular complexity index is 599. The maximum atomic E-state index is 12.7. The fraction of sp³-hybridized carbons (Fsp3) is 0.471. The summed E-state index contributed by atoms with van der Waals surface area (Å²) in [5.41, 5.74) is 8.09. The molecule has 0 bridgehead atoms. The number of hydrogen-bond acceptors (Lipinski definition) is 3. The molecule has 1 fully saturated rings. The van der Waals surface area contributed by atoms with Crippen molar-refractivity contribution < 1.29 is 4.79 Å². The van der Waals surface area contributed by atoms with Crippen molar-refractivity contribution in [3.63, 3.8) is 0 Å². The molecule has 0 spiro atoms. The van der Waals surface area contributed by atoms with Gasteiger partial charge in [0.25, 0.3) is 5.91 Å². The van der Waals surface area contributed by atoms with Gasteiger partial charge in [0.05, 0.1) is 6.54 Å². The topological polar surface area (TPSA) is 46.3 Å². The van der Waals surface area contributed by atoms with Gasteiger partial charge in [-0.05, 0) is 38.5 Å². The van der Waals surface area contributed by atoms with E-state index < -0.39 is 0 Å². The summed E-state index contributed by atoms with van der Waals surface area (Å²) in [5, 5.41) is 0. The molecule has 4 heteroatoms. The number of carbonyl (C=O) groups excluding carboxylic acids is 1. The third-order valence-corrected chi connectivity index (χ3v) is 4.82. The number of benzene rings is 1. The first-order chi connectivity index (χ1) is 9.93. The van der Waals surface area contributed by atoms with Crippen LogP contribution in [-0.2, 0) is 0 Å². The minimum absolute atomic E-state index is 0.0965. The van der Waals surface area contributed by atoms with Gasteiger partial charge in [-0.1, -0.05) is 17.9 Å². The number of nitrogens with two attached hydrogens (primary N) is 1. The first kappa shape index (κ1) is 15.9. The minimum atomic E-state index is 0.0965. The van der Waals surface area contributed by atoms with Gasteiger partial charge in [0.15, 0.2) is 0 Å². The molecule has 1 aromatic carbocycles. The van der Waals surface area contributed by atoms with Crippen LogP contribution in [0.5, 0.6) is 0 Å². The Labute approximate surface area is 131 Å². The van der Waals surface area contributed by atoms with Gasteiger partial charge in [-0.25, -0.2) is 0 Å². The molecular weight excluding hydrogens is 280 g/mol. The number of hydrogen-bond donors (Lipinski definition) is 1. The number of thioether (sulfide) groups is 1. The van der Waals surface area contributed by atoms with Crippen LogP contribution < -0.4 is 5.73 Å². The zero-order chi connectivity index (χ0) is 15.5. The predicted octanol–water partition coefficient (Wildman–Crippen LogP) is 2.27. The highest BCUT2D eigenvalue weighted by Crippen LogP contribution is 2.30. The minimum Gasteiger partial charge on any atom is -0.336 e. The van der Waals surface area contributed by atoms with Crippen LogP contribution in [0.3, 0.4) is 0 Å². The van der Waals surface area contributed by atoms with Gasteiger partial charge in [-0.15, -0.1) is 0 Å². The number of rotatable bonds is 1. The smallest absolute Gasteiger partial charge is 0.253 e. The van der Waals surface area contributed by atoms with Crippen molar-refractivity contribution in [1.82, 2.24) is 4.90 Å². The number of amides is 1. The molecule has 1 aromatic rings. The van der Waals surface area contributed by atoms with Crippen molar-refractivity contribution in [2.75, 3.05) is 25.4 Å². The van der Waals surface area contributed by atoms with E-state index in [1.165, 1.54) is 0 Å². The zero-order valence-electron chi connectivity index (χ0n) is 12.9. The van der Waals surface area contributed by atoms with E-state index in [1.807, 2.05) is 41.8 Å². The molecule has 1 amide bonds. The summed E-state index contributed by atoms with van der Waals surface area (Å²) in [5.74, 6) is 6.98. The van der Waals surface area contributed by atoms with Crippen molar-refractivity contribution in [2.24, 2.45) is 5.73 Å². The van der Waals surface area contributed by atoms with Crippen molar-refractivity contribution in [1.29, 1.82) is 0 Å². The van der Waals surface area contributed by atoms with Crippen LogP contribution in [0.25, 0.3) is 0 Å². The van der Waals surface area contributed by atoms with E-state index in [9.17, 15) is 4.79 Å². The van der Waals surface area contributed by atoms with Gasteiger partial charge in [-0.2, -0.15) is 11.8 Å². The fourth-order valence-corrected chi connectivity index (χ4v) is 3.52. The number of aryl methyl sites for hydroxylation is 1. The summed E-state index contributed by atoms with van der Waals surface area (Å²) in [6, 6.07) is 5.73. The Kier molecular flexibility index (Phi) is 4.97. The molecule has 2 rings (SSSR count). The maximum Gasteiger partial charge on any atom is 0.253 e. The number of nitrogens with zero attached hydrogens (tertiary/aromatic N) is 1. The predicted molar refractivity (Wildman–Crippen MR) is 89.6 cm³/mol. The van der Waals surface area contributed by atoms with Crippen molar-refractivity contribution in [3.8, 4) is 11.8 Å². The Morgan fingerprint density at radius 1 is 1.48 bits per heavy atom. The molecular formula is C17H22N2OS. The second-order valence-corrected chi connectivity index (χ2v) is 7.67. The summed E-state index contributed by atoms with van der Waals surface area (Å²) < 4.78 is 0.126. The van der Waals surface area contributed by atoms with Crippen LogP contribution >= 0.6 is 11.8 Å². The molecule has 0 radical (unpaired) electrons. The second kappa shape index (κ2) is 6.55. The Hall–Kier alpha value is -1.44. The number of carbonyl (C=O) groups is 1. The first-order valence-electron chi connectivity index (χ1n) is 7.16. The van der Waals surface area contributed by atoms with E-state index in [2.05, 4.69) is 25.7 Å². The third-order valence-electron chi connectivity index (χ3n) is 3.52. The average Bonchev–Trinajstić information content (AvgIpc) is 2.44. The lowest BCUT2D eigenvalue weighted by atomic mass is 10.0. The molecule has 0 saturated carbocycles. The molecule has 1 saturated heterocycles. The quantitative estimate of drug-likeness (QED) is 0.810. The van der Waals surface area contributed by atoms with Gasteiger partial charge in [0.2, 0.25) is 0 Å². The van der Waals surface area contributed by atoms with E-state index in [0.29, 0.717) is 12.1 Å². The van der Waals surface area contributed by atoms with Crippen LogP contribution in [0.15, 0.2) is 18.2 Å². The van der Waals surface area contributed by atoms with Crippen LogP contribution in [0, 0.1) is 18.8 Å². The van der Waals surface area contributed by atoms with Gasteiger partial charge in [0, 0.05) is 34.7 Å². The summed E-state index contributed by atoms with van der Waals surface area (Å²) in [6.07, 6.45) is 0. The highest BCUT2D eigenvalue weighted by atomic mass is 32.2. The average molecular weight is 302 g/mol. The van der Waals surface area contributed by atoms with Gasteiger partial charge in [-0.3, -0.25) is 4.79 Å². The van der Waals surface area contributed by atoms with Gasteiger partial charge >= 0.3 is 0 Å². The first-order valence-corrected chi connectivity index (χ1v) is 8.14. The SMILES string of the molecule is Cc1ccc(C(=O)N2CCSC(C)(C)C2)cc1C#CCN. The fourth-order valence-electron chi connectivity index (χ4n) is 2.41. The van der Waals surface area contributed by atoms with Gasteiger partial charge in [0.1, 0.15) is 0 Å². The highest BCUT2D eigenvalue weighted by Gasteiger charge is 2.30. The summed E-state index contributed by atoms with van der Waals surface area (Å²) >= 11 is 1.92. The molecule has 21 heavy (non-hydrogen) atoms. The van der Waals surface area contributed by atoms with Gasteiger partial charge < -0.3 is 10.6 Å². The van der Waals surface area contributed by atoms with E-state index in [1.54, 1.807) is 0 Å². The van der Waals surface area contributed by atoms with Crippen LogP contribution in [0.4, 0.5) is 0 Å². The lowest BCUT2D eigenvalue weighted by Crippen LogP contribution is -2.46. The Morgan fingerprint density at radius 3 is 2.90 bits per heavy atom. The van der Waals surface area contributed by atoms with E-state index in [4.69, 9.17) is 5.73 Å². The molecule has 0 unspecified atom stereocenters. The molecule has 1 aliphatic heterocycles. The molecule has 2 N–H and O–H groups in total. The Morgan fingerprint density at radius 2 is 2.24 bits per heavy atom. The van der Waals surface area contributed by atoms with Crippen LogP contribution in [-0.4, -0.2) is 40.9 Å². The summed E-state index contributed by atoms with van der Waals surface area (Å²) in [4.78, 5) is 14.6. The Balaban J connectivity index is 2.23. The molecule has 1 aliphatic rings. The van der Waals surface area contributed by atoms with E-state index >= 15 is 0 Å². The van der Waals surface area contributed by atoms with Crippen molar-refractivity contribution in [3.05, 3.63) is 34.9 Å². The molecule has 0 aromatic heterocycles. The molecule has 3 nitrogen and oxygen atoms in total. The summed E-state index contributed by atoms with van der Waals surface area (Å²) in [7, 11) is 0. The van der Waals surface area contributed by atoms with Crippen molar-refractivity contribution >= 4 is 17.7 Å². The van der Waals surface area contributed by atoms with E-state index in [0.717, 1.165) is 30.0 Å². The normalized spacial score (nSPS) is 17.0. The highest BCUT2D eigenvalue weighted by molar-refractivity contribution is 8.00. The lowest BCUT2D eigenvalue weighted by molar-refractivity contribution is 0.0748. The van der Waals surface area contributed by atoms with Crippen molar-refractivity contribution in [2.45, 2.75) is 25.5 Å². The standard InChI is InChI=1S/C17H22N2OS/c1-13-6-7-15(11-14(13)5-4-8-18)16(20)19-9-10-21-17(2,3)12-19/h6-7,11H,8-10,12,18H2,1-3H3. The zero-order valence-corrected chi connectivity index (χ0v) is 13.7. The lowest BCUT2D eigenvalue weighted by Gasteiger charge is -2.37.